The van der Waals surface area contributed by atoms with Gasteiger partial charge < -0.3 is 9.84 Å². The molecular weight excluding hydrogens is 397 g/mol. The molecule has 156 valence electrons. The van der Waals surface area contributed by atoms with Gasteiger partial charge in [0.25, 0.3) is 0 Å². The lowest BCUT2D eigenvalue weighted by atomic mass is 9.94. The number of rotatable bonds is 3. The first-order chi connectivity index (χ1) is 15.0. The second-order valence-electron chi connectivity index (χ2n) is 7.90. The highest BCUT2D eigenvalue weighted by atomic mass is 19.1. The van der Waals surface area contributed by atoms with Crippen molar-refractivity contribution in [1.82, 2.24) is 4.90 Å². The Morgan fingerprint density at radius 3 is 2.26 bits per heavy atom. The fourth-order valence-electron chi connectivity index (χ4n) is 4.64. The van der Waals surface area contributed by atoms with E-state index in [1.54, 1.807) is 6.07 Å². The summed E-state index contributed by atoms with van der Waals surface area (Å²) in [5, 5.41) is 9.65. The molecule has 5 nitrogen and oxygen atoms in total. The van der Waals surface area contributed by atoms with Gasteiger partial charge in [-0.15, -0.1) is 0 Å². The van der Waals surface area contributed by atoms with Crippen molar-refractivity contribution in [3.8, 4) is 11.1 Å². The number of carbonyl (C=O) groups excluding carboxylic acids is 1. The van der Waals surface area contributed by atoms with E-state index in [0.29, 0.717) is 5.56 Å². The van der Waals surface area contributed by atoms with Gasteiger partial charge in [0.15, 0.2) is 0 Å². The molecule has 0 unspecified atom stereocenters. The third-order valence-electron chi connectivity index (χ3n) is 6.15. The molecule has 1 aliphatic heterocycles. The Bertz CT molecular complexity index is 1150. The zero-order chi connectivity index (χ0) is 21.5. The molecule has 5 rings (SSSR count). The molecule has 1 atom stereocenters. The fraction of sp³-hybridized carbons (Fsp3) is 0.200. The fourth-order valence-corrected chi connectivity index (χ4v) is 4.64. The smallest absolute Gasteiger partial charge is 0.410 e. The predicted octanol–water partition coefficient (Wildman–Crippen LogP) is 4.59. The van der Waals surface area contributed by atoms with Gasteiger partial charge in [-0.05, 0) is 45.5 Å². The molecular formula is C25H20FNO4. The van der Waals surface area contributed by atoms with Crippen LogP contribution in [0, 0.1) is 5.82 Å². The molecule has 0 fully saturated rings. The lowest BCUT2D eigenvalue weighted by Crippen LogP contribution is -2.49. The van der Waals surface area contributed by atoms with Crippen molar-refractivity contribution >= 4 is 12.1 Å². The summed E-state index contributed by atoms with van der Waals surface area (Å²) in [5.74, 6) is -1.64. The van der Waals surface area contributed by atoms with Gasteiger partial charge in [-0.3, -0.25) is 4.90 Å². The molecule has 0 saturated heterocycles. The van der Waals surface area contributed by atoms with Gasteiger partial charge in [-0.25, -0.2) is 14.0 Å². The highest BCUT2D eigenvalue weighted by Gasteiger charge is 2.37. The SMILES string of the molecule is O=C(O)[C@@H]1Cc2ccc(F)cc2CN1C(=O)OCC1c2ccccc2-c2ccccc21. The van der Waals surface area contributed by atoms with Crippen LogP contribution in [-0.4, -0.2) is 34.7 Å². The van der Waals surface area contributed by atoms with E-state index in [1.165, 1.54) is 17.0 Å². The summed E-state index contributed by atoms with van der Waals surface area (Å²) in [4.78, 5) is 25.9. The topological polar surface area (TPSA) is 66.8 Å². The lowest BCUT2D eigenvalue weighted by molar-refractivity contribution is -0.143. The molecule has 1 heterocycles. The lowest BCUT2D eigenvalue weighted by Gasteiger charge is -2.34. The number of nitrogens with zero attached hydrogens (tertiary/aromatic N) is 1. The molecule has 0 spiro atoms. The maximum atomic E-state index is 13.7. The Hall–Kier alpha value is -3.67. The highest BCUT2D eigenvalue weighted by molar-refractivity contribution is 5.82. The zero-order valence-corrected chi connectivity index (χ0v) is 16.6. The van der Waals surface area contributed by atoms with Crippen molar-refractivity contribution < 1.29 is 23.8 Å². The highest BCUT2D eigenvalue weighted by Crippen LogP contribution is 2.44. The number of amides is 1. The van der Waals surface area contributed by atoms with Crippen LogP contribution in [-0.2, 0) is 22.5 Å². The Morgan fingerprint density at radius 2 is 1.61 bits per heavy atom. The largest absolute Gasteiger partial charge is 0.480 e. The van der Waals surface area contributed by atoms with Crippen LogP contribution in [0.4, 0.5) is 9.18 Å². The van der Waals surface area contributed by atoms with E-state index in [4.69, 9.17) is 4.74 Å². The molecule has 0 saturated carbocycles. The number of fused-ring (bicyclic) bond motifs is 4. The number of hydrogen-bond acceptors (Lipinski definition) is 3. The van der Waals surface area contributed by atoms with Crippen LogP contribution in [0.1, 0.15) is 28.2 Å². The van der Waals surface area contributed by atoms with Crippen LogP contribution in [0.15, 0.2) is 66.7 Å². The number of carboxylic acids is 1. The van der Waals surface area contributed by atoms with E-state index in [-0.39, 0.29) is 25.5 Å². The standard InChI is InChI=1S/C25H20FNO4/c26-17-10-9-15-12-23(24(28)29)27(13-16(15)11-17)25(30)31-14-22-20-7-3-1-5-18(20)19-6-2-4-8-21(19)22/h1-11,22-23H,12-14H2,(H,28,29)/t23-/m0/s1. The minimum absolute atomic E-state index is 0.000728. The van der Waals surface area contributed by atoms with Crippen LogP contribution < -0.4 is 0 Å². The third-order valence-corrected chi connectivity index (χ3v) is 6.15. The summed E-state index contributed by atoms with van der Waals surface area (Å²) in [7, 11) is 0. The number of benzene rings is 3. The van der Waals surface area contributed by atoms with E-state index < -0.39 is 23.9 Å². The molecule has 2 aliphatic rings. The van der Waals surface area contributed by atoms with Gasteiger partial charge in [-0.2, -0.15) is 0 Å². The van der Waals surface area contributed by atoms with Crippen LogP contribution in [0.5, 0.6) is 0 Å². The molecule has 1 N–H and O–H groups in total. The molecule has 0 bridgehead atoms. The molecule has 31 heavy (non-hydrogen) atoms. The molecule has 3 aromatic rings. The molecule has 1 amide bonds. The minimum Gasteiger partial charge on any atom is -0.480 e. The summed E-state index contributed by atoms with van der Waals surface area (Å²) in [6.07, 6.45) is -0.584. The summed E-state index contributed by atoms with van der Waals surface area (Å²) in [5.41, 5.74) is 5.73. The van der Waals surface area contributed by atoms with Crippen molar-refractivity contribution in [2.75, 3.05) is 6.61 Å². The molecule has 0 aromatic heterocycles. The van der Waals surface area contributed by atoms with Gasteiger partial charge in [0.2, 0.25) is 0 Å². The summed E-state index contributed by atoms with van der Waals surface area (Å²) in [6, 6.07) is 19.2. The van der Waals surface area contributed by atoms with Crippen LogP contribution in [0.2, 0.25) is 0 Å². The van der Waals surface area contributed by atoms with Crippen LogP contribution >= 0.6 is 0 Å². The Balaban J connectivity index is 1.38. The second kappa shape index (κ2) is 7.54. The summed E-state index contributed by atoms with van der Waals surface area (Å²) >= 11 is 0. The van der Waals surface area contributed by atoms with Crippen molar-refractivity contribution in [3.63, 3.8) is 0 Å². The van der Waals surface area contributed by atoms with Gasteiger partial charge >= 0.3 is 12.1 Å². The van der Waals surface area contributed by atoms with E-state index >= 15 is 0 Å². The first-order valence-electron chi connectivity index (χ1n) is 10.1. The summed E-state index contributed by atoms with van der Waals surface area (Å²) in [6.45, 7) is 0.104. The third kappa shape index (κ3) is 3.34. The zero-order valence-electron chi connectivity index (χ0n) is 16.6. The van der Waals surface area contributed by atoms with Crippen molar-refractivity contribution in [2.24, 2.45) is 0 Å². The maximum Gasteiger partial charge on any atom is 0.410 e. The van der Waals surface area contributed by atoms with Crippen molar-refractivity contribution in [1.29, 1.82) is 0 Å². The number of hydrogen-bond donors (Lipinski definition) is 1. The number of carbonyl (C=O) groups is 2. The molecule has 0 radical (unpaired) electrons. The molecule has 3 aromatic carbocycles. The van der Waals surface area contributed by atoms with Crippen LogP contribution in [0.3, 0.4) is 0 Å². The monoisotopic (exact) mass is 417 g/mol. The second-order valence-corrected chi connectivity index (χ2v) is 7.90. The average Bonchev–Trinajstić information content (AvgIpc) is 3.10. The predicted molar refractivity (Wildman–Crippen MR) is 112 cm³/mol. The van der Waals surface area contributed by atoms with Gasteiger partial charge in [-0.1, -0.05) is 54.6 Å². The van der Waals surface area contributed by atoms with E-state index in [1.807, 2.05) is 48.5 Å². The number of halogens is 1. The average molecular weight is 417 g/mol. The quantitative estimate of drug-likeness (QED) is 0.677. The first kappa shape index (κ1) is 19.3. The first-order valence-corrected chi connectivity index (χ1v) is 10.1. The number of aliphatic carboxylic acids is 1. The van der Waals surface area contributed by atoms with Crippen LogP contribution in [0.25, 0.3) is 11.1 Å². The van der Waals surface area contributed by atoms with Gasteiger partial charge in [0.1, 0.15) is 18.5 Å². The van der Waals surface area contributed by atoms with E-state index in [0.717, 1.165) is 27.8 Å². The van der Waals surface area contributed by atoms with Gasteiger partial charge in [0.05, 0.1) is 6.54 Å². The Labute approximate surface area is 178 Å². The van der Waals surface area contributed by atoms with E-state index in [9.17, 15) is 19.1 Å². The van der Waals surface area contributed by atoms with Crippen molar-refractivity contribution in [3.05, 3.63) is 94.8 Å². The van der Waals surface area contributed by atoms with Gasteiger partial charge in [0, 0.05) is 12.3 Å². The summed E-state index contributed by atoms with van der Waals surface area (Å²) < 4.78 is 19.3. The van der Waals surface area contributed by atoms with Crippen molar-refractivity contribution in [2.45, 2.75) is 24.9 Å². The molecule has 1 aliphatic carbocycles. The van der Waals surface area contributed by atoms with E-state index in [2.05, 4.69) is 0 Å². The number of ether oxygens (including phenoxy) is 1. The Kier molecular flexibility index (Phi) is 4.70. The maximum absolute atomic E-state index is 13.7. The Morgan fingerprint density at radius 1 is 0.968 bits per heavy atom. The minimum atomic E-state index is -1.11. The molecule has 6 heteroatoms. The number of carboxylic acid groups (broad SMARTS) is 1. The normalized spacial score (nSPS) is 16.9.